The van der Waals surface area contributed by atoms with Crippen molar-refractivity contribution in [3.8, 4) is 11.3 Å². The molecular formula is C23H20ClN3O6. The highest BCUT2D eigenvalue weighted by Crippen LogP contribution is 2.24. The summed E-state index contributed by atoms with van der Waals surface area (Å²) in [4.78, 5) is 36.6. The Kier molecular flexibility index (Phi) is 6.32. The second-order valence-electron chi connectivity index (χ2n) is 7.55. The Morgan fingerprint density at radius 2 is 1.88 bits per heavy atom. The monoisotopic (exact) mass is 469 g/mol. The van der Waals surface area contributed by atoms with Crippen molar-refractivity contribution in [1.82, 2.24) is 9.47 Å². The van der Waals surface area contributed by atoms with Gasteiger partial charge in [0.05, 0.1) is 23.1 Å². The van der Waals surface area contributed by atoms with Crippen LogP contribution in [0.3, 0.4) is 0 Å². The van der Waals surface area contributed by atoms with Crippen molar-refractivity contribution in [2.24, 2.45) is 0 Å². The Labute approximate surface area is 192 Å². The number of halogens is 1. The van der Waals surface area contributed by atoms with Crippen LogP contribution in [-0.4, -0.2) is 27.3 Å². The van der Waals surface area contributed by atoms with E-state index in [1.54, 1.807) is 24.1 Å². The van der Waals surface area contributed by atoms with Crippen molar-refractivity contribution in [1.29, 1.82) is 0 Å². The molecule has 170 valence electrons. The number of aryl methyl sites for hydroxylation is 1. The Balaban J connectivity index is 1.34. The van der Waals surface area contributed by atoms with Gasteiger partial charge in [-0.15, -0.1) is 0 Å². The van der Waals surface area contributed by atoms with E-state index < -0.39 is 10.7 Å². The van der Waals surface area contributed by atoms with Crippen LogP contribution in [0.4, 0.5) is 5.69 Å². The van der Waals surface area contributed by atoms with Crippen LogP contribution in [0.2, 0.25) is 5.02 Å². The fourth-order valence-corrected chi connectivity index (χ4v) is 3.64. The van der Waals surface area contributed by atoms with Gasteiger partial charge in [0.25, 0.3) is 5.69 Å². The van der Waals surface area contributed by atoms with Crippen molar-refractivity contribution in [3.63, 3.8) is 0 Å². The van der Waals surface area contributed by atoms with E-state index in [0.717, 1.165) is 5.56 Å². The molecule has 0 saturated carbocycles. The smallest absolute Gasteiger partial charge is 0.419 e. The molecule has 0 atom stereocenters. The number of nitro benzene ring substituents is 1. The lowest BCUT2D eigenvalue weighted by molar-refractivity contribution is -0.384. The van der Waals surface area contributed by atoms with E-state index in [-0.39, 0.29) is 30.1 Å². The number of furan rings is 1. The fourth-order valence-electron chi connectivity index (χ4n) is 3.51. The third kappa shape index (κ3) is 4.98. The van der Waals surface area contributed by atoms with E-state index in [2.05, 4.69) is 0 Å². The molecule has 0 aliphatic rings. The van der Waals surface area contributed by atoms with Crippen LogP contribution in [0, 0.1) is 10.1 Å². The maximum Gasteiger partial charge on any atom is 0.419 e. The molecule has 4 aromatic rings. The Morgan fingerprint density at radius 1 is 1.12 bits per heavy atom. The van der Waals surface area contributed by atoms with Crippen molar-refractivity contribution >= 4 is 34.3 Å². The number of aromatic nitrogens is 1. The molecule has 0 unspecified atom stereocenters. The summed E-state index contributed by atoms with van der Waals surface area (Å²) in [6, 6.07) is 15.0. The molecule has 4 rings (SSSR count). The second-order valence-corrected chi connectivity index (χ2v) is 7.99. The molecule has 2 heterocycles. The topological polar surface area (TPSA) is 112 Å². The van der Waals surface area contributed by atoms with Crippen LogP contribution in [0.5, 0.6) is 0 Å². The third-order valence-electron chi connectivity index (χ3n) is 5.24. The van der Waals surface area contributed by atoms with Crippen LogP contribution in [0.15, 0.2) is 68.2 Å². The molecule has 0 fully saturated rings. The molecule has 0 spiro atoms. The number of hydrogen-bond donors (Lipinski definition) is 0. The van der Waals surface area contributed by atoms with E-state index in [4.69, 9.17) is 20.4 Å². The summed E-state index contributed by atoms with van der Waals surface area (Å²) in [6.45, 7) is 0.565. The average Bonchev–Trinajstić information content (AvgIpc) is 3.37. The summed E-state index contributed by atoms with van der Waals surface area (Å²) in [7, 11) is 1.69. The second kappa shape index (κ2) is 9.33. The summed E-state index contributed by atoms with van der Waals surface area (Å²) in [5.74, 6) is 0.621. The van der Waals surface area contributed by atoms with E-state index in [1.807, 2.05) is 24.3 Å². The van der Waals surface area contributed by atoms with Gasteiger partial charge in [-0.3, -0.25) is 19.5 Å². The summed E-state index contributed by atoms with van der Waals surface area (Å²) in [5.41, 5.74) is 1.34. The number of carbonyl (C=O) groups excluding carboxylic acids is 1. The van der Waals surface area contributed by atoms with Gasteiger partial charge in [0.15, 0.2) is 5.58 Å². The van der Waals surface area contributed by atoms with Crippen molar-refractivity contribution in [3.05, 3.63) is 86.0 Å². The number of hydrogen-bond acceptors (Lipinski definition) is 6. The van der Waals surface area contributed by atoms with Crippen LogP contribution >= 0.6 is 11.6 Å². The minimum atomic E-state index is -0.614. The first-order chi connectivity index (χ1) is 15.8. The number of nitro groups is 1. The number of rotatable bonds is 8. The first kappa shape index (κ1) is 22.3. The summed E-state index contributed by atoms with van der Waals surface area (Å²) in [6.07, 6.45) is 0.621. The number of carbonyl (C=O) groups is 1. The maximum atomic E-state index is 12.5. The maximum absolute atomic E-state index is 12.5. The number of amides is 1. The number of benzene rings is 2. The highest BCUT2D eigenvalue weighted by molar-refractivity contribution is 6.30. The van der Waals surface area contributed by atoms with Crippen LogP contribution in [0.1, 0.15) is 18.6 Å². The van der Waals surface area contributed by atoms with E-state index in [9.17, 15) is 19.7 Å². The lowest BCUT2D eigenvalue weighted by Crippen LogP contribution is -2.26. The van der Waals surface area contributed by atoms with Gasteiger partial charge in [-0.1, -0.05) is 11.6 Å². The van der Waals surface area contributed by atoms with Gasteiger partial charge in [0, 0.05) is 36.7 Å². The number of oxazole rings is 1. The van der Waals surface area contributed by atoms with E-state index in [0.29, 0.717) is 35.0 Å². The molecule has 0 bridgehead atoms. The van der Waals surface area contributed by atoms with Crippen LogP contribution in [0.25, 0.3) is 22.4 Å². The van der Waals surface area contributed by atoms with Gasteiger partial charge in [0.1, 0.15) is 11.5 Å². The number of non-ortho nitro benzene ring substituents is 1. The van der Waals surface area contributed by atoms with Gasteiger partial charge in [-0.2, -0.15) is 0 Å². The Bertz CT molecular complexity index is 1370. The highest BCUT2D eigenvalue weighted by Gasteiger charge is 2.16. The third-order valence-corrected chi connectivity index (χ3v) is 5.50. The first-order valence-corrected chi connectivity index (χ1v) is 10.6. The molecule has 0 radical (unpaired) electrons. The predicted octanol–water partition coefficient (Wildman–Crippen LogP) is 4.85. The molecule has 0 aliphatic carbocycles. The van der Waals surface area contributed by atoms with Gasteiger partial charge >= 0.3 is 5.76 Å². The molecule has 0 N–H and O–H groups in total. The van der Waals surface area contributed by atoms with Gasteiger partial charge in [-0.25, -0.2) is 4.79 Å². The number of nitrogens with zero attached hydrogens (tertiary/aromatic N) is 3. The zero-order chi connectivity index (χ0) is 23.5. The zero-order valence-electron chi connectivity index (χ0n) is 17.7. The van der Waals surface area contributed by atoms with Crippen molar-refractivity contribution in [2.45, 2.75) is 25.9 Å². The molecule has 2 aromatic heterocycles. The largest absolute Gasteiger partial charge is 0.459 e. The molecule has 10 heteroatoms. The Morgan fingerprint density at radius 3 is 2.61 bits per heavy atom. The van der Waals surface area contributed by atoms with E-state index >= 15 is 0 Å². The van der Waals surface area contributed by atoms with Crippen molar-refractivity contribution < 1.29 is 18.6 Å². The fraction of sp³-hybridized carbons (Fsp3) is 0.217. The minimum Gasteiger partial charge on any atom is -0.459 e. The zero-order valence-corrected chi connectivity index (χ0v) is 18.4. The molecule has 33 heavy (non-hydrogen) atoms. The molecule has 0 aliphatic heterocycles. The first-order valence-electron chi connectivity index (χ1n) is 10.2. The molecule has 1 amide bonds. The van der Waals surface area contributed by atoms with Crippen LogP contribution in [-0.2, 0) is 17.9 Å². The van der Waals surface area contributed by atoms with Gasteiger partial charge in [0.2, 0.25) is 5.91 Å². The molecule has 0 saturated heterocycles. The van der Waals surface area contributed by atoms with Crippen LogP contribution < -0.4 is 5.76 Å². The van der Waals surface area contributed by atoms with Gasteiger partial charge in [-0.05, 0) is 48.9 Å². The standard InChI is InChI=1S/C23H20ClN3O6/c1-25(14-18-9-11-20(32-18)15-4-6-16(24)7-5-15)22(28)3-2-12-26-19-10-8-17(27(30)31)13-21(19)33-23(26)29/h4-11,13H,2-3,12,14H2,1H3. The van der Waals surface area contributed by atoms with E-state index in [1.165, 1.54) is 22.8 Å². The highest BCUT2D eigenvalue weighted by atomic mass is 35.5. The summed E-state index contributed by atoms with van der Waals surface area (Å²) >= 11 is 5.91. The lowest BCUT2D eigenvalue weighted by atomic mass is 10.2. The lowest BCUT2D eigenvalue weighted by Gasteiger charge is -2.15. The predicted molar refractivity (Wildman–Crippen MR) is 122 cm³/mol. The molecule has 2 aromatic carbocycles. The quantitative estimate of drug-likeness (QED) is 0.269. The SMILES string of the molecule is CN(Cc1ccc(-c2ccc(Cl)cc2)o1)C(=O)CCCn1c(=O)oc2cc([N+](=O)[O-])ccc21. The number of fused-ring (bicyclic) bond motifs is 1. The van der Waals surface area contributed by atoms with Crippen molar-refractivity contribution in [2.75, 3.05) is 7.05 Å². The normalized spacial score (nSPS) is 11.1. The minimum absolute atomic E-state index is 0.101. The summed E-state index contributed by atoms with van der Waals surface area (Å²) < 4.78 is 12.3. The average molecular weight is 470 g/mol. The molecule has 9 nitrogen and oxygen atoms in total. The molecular weight excluding hydrogens is 450 g/mol. The Hall–Kier alpha value is -3.85. The summed E-state index contributed by atoms with van der Waals surface area (Å²) in [5, 5.41) is 11.5. The van der Waals surface area contributed by atoms with Gasteiger partial charge < -0.3 is 13.7 Å².